The molecule has 5 heteroatoms. The van der Waals surface area contributed by atoms with Crippen molar-refractivity contribution in [1.82, 2.24) is 4.90 Å². The van der Waals surface area contributed by atoms with E-state index in [0.717, 1.165) is 25.2 Å². The van der Waals surface area contributed by atoms with Gasteiger partial charge in [0.25, 0.3) is 0 Å². The van der Waals surface area contributed by atoms with Crippen LogP contribution in [0.4, 0.5) is 5.69 Å². The van der Waals surface area contributed by atoms with Gasteiger partial charge in [0.05, 0.1) is 6.54 Å². The Kier molecular flexibility index (Phi) is 6.28. The van der Waals surface area contributed by atoms with Gasteiger partial charge >= 0.3 is 0 Å². The quantitative estimate of drug-likeness (QED) is 0.911. The van der Waals surface area contributed by atoms with Crippen LogP contribution in [0.5, 0.6) is 0 Å². The number of halogens is 1. The average molecular weight is 284 g/mol. The van der Waals surface area contributed by atoms with Crippen LogP contribution in [0.15, 0.2) is 30.3 Å². The van der Waals surface area contributed by atoms with Crippen molar-refractivity contribution in [3.05, 3.63) is 30.3 Å². The number of rotatable bonds is 4. The van der Waals surface area contributed by atoms with E-state index in [0.29, 0.717) is 13.1 Å². The summed E-state index contributed by atoms with van der Waals surface area (Å²) >= 11 is 0. The van der Waals surface area contributed by atoms with Gasteiger partial charge in [-0.3, -0.25) is 9.69 Å². The highest BCUT2D eigenvalue weighted by Crippen LogP contribution is 2.14. The van der Waals surface area contributed by atoms with Gasteiger partial charge in [-0.05, 0) is 25.5 Å². The van der Waals surface area contributed by atoms with Gasteiger partial charge in [-0.2, -0.15) is 0 Å². The largest absolute Gasteiger partial charge is 0.326 e. The molecule has 1 atom stereocenters. The van der Waals surface area contributed by atoms with Crippen LogP contribution < -0.4 is 10.6 Å². The molecular formula is C14H22ClN3O. The molecule has 19 heavy (non-hydrogen) atoms. The van der Waals surface area contributed by atoms with Gasteiger partial charge in [0.1, 0.15) is 0 Å². The number of anilines is 1. The number of amides is 1. The summed E-state index contributed by atoms with van der Waals surface area (Å²) < 4.78 is 0. The average Bonchev–Trinajstić information content (AvgIpc) is 2.77. The Balaban J connectivity index is 0.00000180. The van der Waals surface area contributed by atoms with E-state index < -0.39 is 0 Å². The van der Waals surface area contributed by atoms with Crippen molar-refractivity contribution in [2.45, 2.75) is 19.4 Å². The molecule has 0 spiro atoms. The second-order valence-corrected chi connectivity index (χ2v) is 4.76. The van der Waals surface area contributed by atoms with E-state index in [1.54, 1.807) is 0 Å². The van der Waals surface area contributed by atoms with Crippen molar-refractivity contribution < 1.29 is 4.79 Å². The molecular weight excluding hydrogens is 262 g/mol. The number of carbonyl (C=O) groups is 1. The molecule has 0 bridgehead atoms. The zero-order chi connectivity index (χ0) is 13.0. The molecule has 106 valence electrons. The molecule has 1 amide bonds. The maximum atomic E-state index is 12.3. The Morgan fingerprint density at radius 2 is 2.11 bits per heavy atom. The van der Waals surface area contributed by atoms with Crippen molar-refractivity contribution in [2.24, 2.45) is 5.73 Å². The molecule has 2 N–H and O–H groups in total. The maximum absolute atomic E-state index is 12.3. The van der Waals surface area contributed by atoms with Crippen LogP contribution in [-0.4, -0.2) is 43.0 Å². The van der Waals surface area contributed by atoms with Gasteiger partial charge in [0.15, 0.2) is 0 Å². The van der Waals surface area contributed by atoms with Gasteiger partial charge in [-0.25, -0.2) is 0 Å². The lowest BCUT2D eigenvalue weighted by molar-refractivity contribution is -0.119. The summed E-state index contributed by atoms with van der Waals surface area (Å²) in [5, 5.41) is 0. The molecule has 1 aliphatic heterocycles. The maximum Gasteiger partial charge on any atom is 0.241 e. The highest BCUT2D eigenvalue weighted by atomic mass is 35.5. The predicted molar refractivity (Wildman–Crippen MR) is 80.7 cm³/mol. The first-order valence-corrected chi connectivity index (χ1v) is 6.54. The first kappa shape index (κ1) is 16.0. The number of likely N-dealkylation sites (N-methyl/N-ethyl adjacent to an activating group) is 1. The van der Waals surface area contributed by atoms with Gasteiger partial charge in [-0.1, -0.05) is 18.2 Å². The molecule has 1 aliphatic rings. The van der Waals surface area contributed by atoms with Crippen LogP contribution in [0.2, 0.25) is 0 Å². The fraction of sp³-hybridized carbons (Fsp3) is 0.500. The lowest BCUT2D eigenvalue weighted by Crippen LogP contribution is -2.40. The van der Waals surface area contributed by atoms with Crippen LogP contribution in [0.25, 0.3) is 0 Å². The van der Waals surface area contributed by atoms with Crippen molar-refractivity contribution >= 4 is 24.0 Å². The van der Waals surface area contributed by atoms with Gasteiger partial charge in [0, 0.05) is 31.4 Å². The molecule has 1 aromatic rings. The summed E-state index contributed by atoms with van der Waals surface area (Å²) in [4.78, 5) is 16.2. The van der Waals surface area contributed by atoms with E-state index in [2.05, 4.69) is 4.90 Å². The number of nitrogens with zero attached hydrogens (tertiary/aromatic N) is 2. The molecule has 0 aliphatic carbocycles. The minimum Gasteiger partial charge on any atom is -0.326 e. The Morgan fingerprint density at radius 1 is 1.42 bits per heavy atom. The van der Waals surface area contributed by atoms with E-state index in [4.69, 9.17) is 5.73 Å². The van der Waals surface area contributed by atoms with Crippen LogP contribution in [0.3, 0.4) is 0 Å². The highest BCUT2D eigenvalue weighted by molar-refractivity contribution is 5.94. The molecule has 0 saturated carbocycles. The third-order valence-electron chi connectivity index (χ3n) is 3.35. The fourth-order valence-corrected chi connectivity index (χ4v) is 2.39. The number of nitrogens with two attached hydrogens (primary N) is 1. The molecule has 2 rings (SSSR count). The normalized spacial score (nSPS) is 18.9. The summed E-state index contributed by atoms with van der Waals surface area (Å²) in [6.45, 7) is 4.93. The van der Waals surface area contributed by atoms with E-state index in [-0.39, 0.29) is 24.4 Å². The first-order valence-electron chi connectivity index (χ1n) is 6.54. The molecule has 1 heterocycles. The third kappa shape index (κ3) is 4.20. The van der Waals surface area contributed by atoms with E-state index >= 15 is 0 Å². The summed E-state index contributed by atoms with van der Waals surface area (Å²) in [5.74, 6) is 0.151. The van der Waals surface area contributed by atoms with Crippen LogP contribution in [-0.2, 0) is 4.79 Å². The number of carbonyl (C=O) groups excluding carboxylic acids is 1. The zero-order valence-electron chi connectivity index (χ0n) is 11.3. The predicted octanol–water partition coefficient (Wildman–Crippen LogP) is 1.49. The smallest absolute Gasteiger partial charge is 0.241 e. The standard InChI is InChI=1S/C14H21N3O.ClH/c1-2-17(13-6-4-3-5-7-13)14(18)11-16-9-8-12(15)10-16;/h3-7,12H,2,8-11,15H2,1H3;1H. The lowest BCUT2D eigenvalue weighted by atomic mass is 10.3. The molecule has 1 unspecified atom stereocenters. The second kappa shape index (κ2) is 7.48. The number of benzene rings is 1. The number of hydrogen-bond acceptors (Lipinski definition) is 3. The molecule has 4 nitrogen and oxygen atoms in total. The molecule has 1 aromatic carbocycles. The second-order valence-electron chi connectivity index (χ2n) is 4.76. The zero-order valence-corrected chi connectivity index (χ0v) is 12.1. The van der Waals surface area contributed by atoms with Crippen molar-refractivity contribution in [2.75, 3.05) is 31.1 Å². The molecule has 0 radical (unpaired) electrons. The summed E-state index contributed by atoms with van der Waals surface area (Å²) in [6.07, 6.45) is 0.991. The van der Waals surface area contributed by atoms with Crippen LogP contribution in [0.1, 0.15) is 13.3 Å². The molecule has 1 saturated heterocycles. The SMILES string of the molecule is CCN(C(=O)CN1CCC(N)C1)c1ccccc1.Cl. The fourth-order valence-electron chi connectivity index (χ4n) is 2.39. The Morgan fingerprint density at radius 3 is 2.63 bits per heavy atom. The van der Waals surface area contributed by atoms with Gasteiger partial charge < -0.3 is 10.6 Å². The molecule has 0 aromatic heterocycles. The number of para-hydroxylation sites is 1. The van der Waals surface area contributed by atoms with E-state index in [9.17, 15) is 4.79 Å². The number of likely N-dealkylation sites (tertiary alicyclic amines) is 1. The van der Waals surface area contributed by atoms with Crippen molar-refractivity contribution in [3.8, 4) is 0 Å². The Labute approximate surface area is 121 Å². The Bertz CT molecular complexity index is 399. The topological polar surface area (TPSA) is 49.6 Å². The summed E-state index contributed by atoms with van der Waals surface area (Å²) in [5.41, 5.74) is 6.82. The van der Waals surface area contributed by atoms with Crippen LogP contribution in [0, 0.1) is 0 Å². The number of hydrogen-bond donors (Lipinski definition) is 1. The van der Waals surface area contributed by atoms with Crippen molar-refractivity contribution in [3.63, 3.8) is 0 Å². The first-order chi connectivity index (χ1) is 8.70. The van der Waals surface area contributed by atoms with Gasteiger partial charge in [-0.15, -0.1) is 12.4 Å². The summed E-state index contributed by atoms with van der Waals surface area (Å²) in [6, 6.07) is 10.0. The monoisotopic (exact) mass is 283 g/mol. The van der Waals surface area contributed by atoms with Crippen LogP contribution >= 0.6 is 12.4 Å². The summed E-state index contributed by atoms with van der Waals surface area (Å²) in [7, 11) is 0. The van der Waals surface area contributed by atoms with E-state index in [1.807, 2.05) is 42.2 Å². The van der Waals surface area contributed by atoms with Crippen molar-refractivity contribution in [1.29, 1.82) is 0 Å². The molecule has 1 fully saturated rings. The van der Waals surface area contributed by atoms with E-state index in [1.165, 1.54) is 0 Å². The lowest BCUT2D eigenvalue weighted by Gasteiger charge is -2.24. The highest BCUT2D eigenvalue weighted by Gasteiger charge is 2.23. The third-order valence-corrected chi connectivity index (χ3v) is 3.35. The minimum absolute atomic E-state index is 0. The minimum atomic E-state index is 0. The Hall–Kier alpha value is -1.10. The van der Waals surface area contributed by atoms with Gasteiger partial charge in [0.2, 0.25) is 5.91 Å².